The van der Waals surface area contributed by atoms with Crippen LogP contribution in [-0.2, 0) is 16.0 Å². The van der Waals surface area contributed by atoms with Gasteiger partial charge in [0.1, 0.15) is 5.75 Å². The molecule has 1 unspecified atom stereocenters. The molecule has 0 bridgehead atoms. The van der Waals surface area contributed by atoms with Crippen molar-refractivity contribution >= 4 is 22.8 Å². The second-order valence-electron chi connectivity index (χ2n) is 4.88. The number of thioether (sulfide) groups is 1. The van der Waals surface area contributed by atoms with Crippen LogP contribution < -0.4 is 4.74 Å². The Balaban J connectivity index is 1.87. The van der Waals surface area contributed by atoms with E-state index in [1.165, 1.54) is 11.8 Å². The van der Waals surface area contributed by atoms with Gasteiger partial charge in [-0.1, -0.05) is 23.9 Å². The summed E-state index contributed by atoms with van der Waals surface area (Å²) < 4.78 is 5.19. The number of carbonyl (C=O) groups is 2. The molecule has 2 rings (SSSR count). The highest BCUT2D eigenvalue weighted by Gasteiger charge is 2.30. The first-order valence-electron chi connectivity index (χ1n) is 6.66. The lowest BCUT2D eigenvalue weighted by atomic mass is 10.1. The van der Waals surface area contributed by atoms with Gasteiger partial charge >= 0.3 is 0 Å². The summed E-state index contributed by atoms with van der Waals surface area (Å²) >= 11 is 1.28. The maximum absolute atomic E-state index is 11.9. The lowest BCUT2D eigenvalue weighted by Crippen LogP contribution is -2.27. The zero-order chi connectivity index (χ0) is 14.5. The number of rotatable bonds is 5. The molecular formula is C15H19NO3S. The van der Waals surface area contributed by atoms with Crippen LogP contribution in [0, 0.1) is 0 Å². The second kappa shape index (κ2) is 6.79. The average Bonchev–Trinajstić information content (AvgIpc) is 2.76. The van der Waals surface area contributed by atoms with Gasteiger partial charge < -0.3 is 9.64 Å². The number of benzene rings is 1. The Morgan fingerprint density at radius 3 is 3.00 bits per heavy atom. The number of likely N-dealkylation sites (tertiary alicyclic amines) is 1. The quantitative estimate of drug-likeness (QED) is 0.834. The highest BCUT2D eigenvalue weighted by molar-refractivity contribution is 8.14. The number of carbonyl (C=O) groups excluding carboxylic acids is 2. The third-order valence-electron chi connectivity index (χ3n) is 3.32. The summed E-state index contributed by atoms with van der Waals surface area (Å²) in [5, 5.41) is 0.197. The van der Waals surface area contributed by atoms with Crippen molar-refractivity contribution in [2.45, 2.75) is 25.0 Å². The fourth-order valence-corrected chi connectivity index (χ4v) is 3.31. The molecule has 5 heteroatoms. The molecule has 4 nitrogen and oxygen atoms in total. The van der Waals surface area contributed by atoms with E-state index in [0.29, 0.717) is 19.5 Å². The molecule has 0 saturated carbocycles. The zero-order valence-electron chi connectivity index (χ0n) is 11.8. The third-order valence-corrected chi connectivity index (χ3v) is 4.30. The van der Waals surface area contributed by atoms with E-state index < -0.39 is 0 Å². The predicted molar refractivity (Wildman–Crippen MR) is 80.0 cm³/mol. The van der Waals surface area contributed by atoms with E-state index in [1.54, 1.807) is 14.0 Å². The molecule has 1 aromatic rings. The Morgan fingerprint density at radius 2 is 2.30 bits per heavy atom. The largest absolute Gasteiger partial charge is 0.497 e. The van der Waals surface area contributed by atoms with Gasteiger partial charge in [-0.3, -0.25) is 9.59 Å². The molecule has 0 spiro atoms. The first-order valence-corrected chi connectivity index (χ1v) is 7.54. The molecule has 1 aliphatic heterocycles. The molecule has 1 fully saturated rings. The second-order valence-corrected chi connectivity index (χ2v) is 6.35. The van der Waals surface area contributed by atoms with Crippen molar-refractivity contribution in [1.82, 2.24) is 4.90 Å². The lowest BCUT2D eigenvalue weighted by Gasteiger charge is -2.16. The van der Waals surface area contributed by atoms with Crippen LogP contribution in [0.4, 0.5) is 0 Å². The van der Waals surface area contributed by atoms with Crippen LogP contribution >= 0.6 is 11.8 Å². The molecule has 1 saturated heterocycles. The summed E-state index contributed by atoms with van der Waals surface area (Å²) in [6.45, 7) is 2.92. The van der Waals surface area contributed by atoms with E-state index in [4.69, 9.17) is 4.74 Å². The van der Waals surface area contributed by atoms with Crippen LogP contribution in [-0.4, -0.2) is 41.4 Å². The zero-order valence-corrected chi connectivity index (χ0v) is 12.6. The van der Waals surface area contributed by atoms with Crippen molar-refractivity contribution in [2.24, 2.45) is 0 Å². The standard InChI is InChI=1S/C15H19NO3S/c1-11(17)20-14-9-15(18)16(10-14)7-6-12-4-3-5-13(8-12)19-2/h3-5,8,14H,6-7,9-10H2,1-2H3. The maximum Gasteiger partial charge on any atom is 0.223 e. The normalized spacial score (nSPS) is 18.4. The van der Waals surface area contributed by atoms with Gasteiger partial charge in [0, 0.05) is 31.7 Å². The van der Waals surface area contributed by atoms with Crippen molar-refractivity contribution < 1.29 is 14.3 Å². The summed E-state index contributed by atoms with van der Waals surface area (Å²) in [4.78, 5) is 24.8. The van der Waals surface area contributed by atoms with Crippen molar-refractivity contribution in [2.75, 3.05) is 20.2 Å². The van der Waals surface area contributed by atoms with Crippen molar-refractivity contribution in [3.63, 3.8) is 0 Å². The van der Waals surface area contributed by atoms with Crippen LogP contribution in [0.5, 0.6) is 5.75 Å². The third kappa shape index (κ3) is 4.00. The minimum absolute atomic E-state index is 0.0810. The molecule has 1 amide bonds. The van der Waals surface area contributed by atoms with Gasteiger partial charge in [0.15, 0.2) is 5.12 Å². The lowest BCUT2D eigenvalue weighted by molar-refractivity contribution is -0.127. The Morgan fingerprint density at radius 1 is 1.50 bits per heavy atom. The number of hydrogen-bond acceptors (Lipinski definition) is 4. The molecule has 0 radical (unpaired) electrons. The minimum atomic E-state index is 0.0810. The first-order chi connectivity index (χ1) is 9.58. The van der Waals surface area contributed by atoms with E-state index in [0.717, 1.165) is 17.7 Å². The molecule has 1 heterocycles. The molecule has 20 heavy (non-hydrogen) atoms. The number of nitrogens with zero attached hydrogens (tertiary/aromatic N) is 1. The Labute approximate surface area is 123 Å². The minimum Gasteiger partial charge on any atom is -0.497 e. The molecule has 0 aliphatic carbocycles. The van der Waals surface area contributed by atoms with E-state index in [-0.39, 0.29) is 16.3 Å². The maximum atomic E-state index is 11.9. The number of ether oxygens (including phenoxy) is 1. The molecule has 1 atom stereocenters. The number of amides is 1. The van der Waals surface area contributed by atoms with E-state index in [9.17, 15) is 9.59 Å². The Hall–Kier alpha value is -1.49. The Kier molecular flexibility index (Phi) is 5.06. The van der Waals surface area contributed by atoms with E-state index in [2.05, 4.69) is 0 Å². The highest BCUT2D eigenvalue weighted by atomic mass is 32.2. The fourth-order valence-electron chi connectivity index (χ4n) is 2.36. The topological polar surface area (TPSA) is 46.6 Å². The van der Waals surface area contributed by atoms with Gasteiger partial charge in [-0.15, -0.1) is 0 Å². The van der Waals surface area contributed by atoms with Gasteiger partial charge in [0.25, 0.3) is 0 Å². The predicted octanol–water partition coefficient (Wildman–Crippen LogP) is 2.12. The summed E-state index contributed by atoms with van der Waals surface area (Å²) in [6.07, 6.45) is 1.28. The van der Waals surface area contributed by atoms with E-state index in [1.807, 2.05) is 29.2 Å². The highest BCUT2D eigenvalue weighted by Crippen LogP contribution is 2.24. The SMILES string of the molecule is COc1cccc(CCN2CC(SC(C)=O)CC2=O)c1. The van der Waals surface area contributed by atoms with Crippen LogP contribution in [0.25, 0.3) is 0 Å². The van der Waals surface area contributed by atoms with Gasteiger partial charge in [0.2, 0.25) is 5.91 Å². The fraction of sp³-hybridized carbons (Fsp3) is 0.467. The summed E-state index contributed by atoms with van der Waals surface area (Å²) in [6, 6.07) is 7.88. The number of methoxy groups -OCH3 is 1. The van der Waals surface area contributed by atoms with Crippen LogP contribution in [0.3, 0.4) is 0 Å². The van der Waals surface area contributed by atoms with Gasteiger partial charge in [-0.05, 0) is 24.1 Å². The number of hydrogen-bond donors (Lipinski definition) is 0. The van der Waals surface area contributed by atoms with Crippen LogP contribution in [0.15, 0.2) is 24.3 Å². The molecule has 1 aliphatic rings. The first kappa shape index (κ1) is 14.9. The van der Waals surface area contributed by atoms with E-state index >= 15 is 0 Å². The monoisotopic (exact) mass is 293 g/mol. The van der Waals surface area contributed by atoms with Crippen LogP contribution in [0.1, 0.15) is 18.9 Å². The van der Waals surface area contributed by atoms with Crippen molar-refractivity contribution in [3.8, 4) is 5.75 Å². The molecule has 0 N–H and O–H groups in total. The summed E-state index contributed by atoms with van der Waals surface area (Å²) in [5.74, 6) is 0.979. The average molecular weight is 293 g/mol. The molecule has 108 valence electrons. The molecule has 0 aromatic heterocycles. The molecule has 1 aromatic carbocycles. The van der Waals surface area contributed by atoms with Crippen molar-refractivity contribution in [1.29, 1.82) is 0 Å². The Bertz CT molecular complexity index is 504. The summed E-state index contributed by atoms with van der Waals surface area (Å²) in [7, 11) is 1.65. The van der Waals surface area contributed by atoms with Crippen LogP contribution in [0.2, 0.25) is 0 Å². The smallest absolute Gasteiger partial charge is 0.223 e. The summed E-state index contributed by atoms with van der Waals surface area (Å²) in [5.41, 5.74) is 1.15. The van der Waals surface area contributed by atoms with Gasteiger partial charge in [-0.2, -0.15) is 0 Å². The molecular weight excluding hydrogens is 274 g/mol. The van der Waals surface area contributed by atoms with Crippen molar-refractivity contribution in [3.05, 3.63) is 29.8 Å². The van der Waals surface area contributed by atoms with Gasteiger partial charge in [-0.25, -0.2) is 0 Å². The van der Waals surface area contributed by atoms with Gasteiger partial charge in [0.05, 0.1) is 7.11 Å².